The number of carbonyl (C=O) groups excluding carboxylic acids is 16. The zero-order valence-electron chi connectivity index (χ0n) is 69.4. The molecule has 1 aromatic heterocycles. The van der Waals surface area contributed by atoms with Gasteiger partial charge in [-0.25, -0.2) is 9.78 Å². The topological polar surface area (TPSA) is 780 Å². The van der Waals surface area contributed by atoms with Gasteiger partial charge in [-0.3, -0.25) is 86.9 Å². The van der Waals surface area contributed by atoms with Crippen molar-refractivity contribution in [1.29, 1.82) is 5.41 Å². The Kier molecular flexibility index (Phi) is 44.4. The summed E-state index contributed by atoms with van der Waals surface area (Å²) in [5.41, 5.74) is 28.9. The lowest BCUT2D eigenvalue weighted by atomic mass is 10.0. The fourth-order valence-electron chi connectivity index (χ4n) is 12.0. The number of nitrogens with one attached hydrogen (secondary N) is 16. The third-order valence-electron chi connectivity index (χ3n) is 18.9. The molecule has 3 rings (SSSR count). The molecule has 46 nitrogen and oxygen atoms in total. The van der Waals surface area contributed by atoms with Crippen LogP contribution in [0.2, 0.25) is 0 Å². The van der Waals surface area contributed by atoms with Gasteiger partial charge in [0.1, 0.15) is 78.5 Å². The molecule has 0 fully saturated rings. The number of aliphatic carboxylic acids is 2. The lowest BCUT2D eigenvalue weighted by Crippen LogP contribution is -2.63. The third kappa shape index (κ3) is 38.2. The minimum atomic E-state index is -2.13. The van der Waals surface area contributed by atoms with Gasteiger partial charge in [0.05, 0.1) is 36.8 Å². The van der Waals surface area contributed by atoms with E-state index in [0.29, 0.717) is 16.8 Å². The number of aliphatic hydroxyl groups excluding tert-OH is 4. The zero-order valence-corrected chi connectivity index (χ0v) is 69.4. The molecule has 2 aromatic carbocycles. The molecule has 0 aliphatic carbocycles. The average Bonchev–Trinajstić information content (AvgIpc) is 1.69. The molecule has 18 atom stereocenters. The highest BCUT2D eigenvalue weighted by molar-refractivity contribution is 6.01. The smallest absolute Gasteiger partial charge is 0.326 e. The molecule has 3 aromatic rings. The summed E-state index contributed by atoms with van der Waals surface area (Å²) in [5, 5.41) is 105. The molecule has 0 saturated carbocycles. The van der Waals surface area contributed by atoms with Gasteiger partial charge in [0, 0.05) is 63.4 Å². The first kappa shape index (κ1) is 104. The number of hydrogen-bond acceptors (Lipinski definition) is 25. The number of aliphatic hydroxyl groups is 4. The maximum absolute atomic E-state index is 14.6. The Morgan fingerprint density at radius 3 is 1.01 bits per heavy atom. The largest absolute Gasteiger partial charge is 0.481 e. The van der Waals surface area contributed by atoms with E-state index in [1.807, 2.05) is 0 Å². The summed E-state index contributed by atoms with van der Waals surface area (Å²) in [5.74, 6) is -22.8. The van der Waals surface area contributed by atoms with E-state index >= 15 is 0 Å². The van der Waals surface area contributed by atoms with E-state index in [9.17, 15) is 117 Å². The number of guanidine groups is 1. The normalized spacial score (nSPS) is 15.6. The molecule has 0 spiro atoms. The SMILES string of the molecule is CC(C)C[C@H](NC(=O)[C@@H](NC(=O)[C@H](CCCNC(=N)N)NC(=O)[C@@H](NC(=O)[C@H](CCC(=O)O)NC(=O)[C@H](CCC(N)=O)NC(=O)[C@@H](NC(=O)[C@H](CCC(N)=O)NC(=O)[C@@H](N)C(C)C)[C@@H](C)O)[C@@H](C)O)[C@@H](C)O)C(=O)N[C@H](C(=O)N[C@@H](CCC(N)=O)C(=O)N[C@@H](Cc1ccccc1)C(=O)N[C@@H](Cc1cnc[nH]1)C(=O)N[C@@H](Cc1ccccc1)C(=O)O)[C@@H](C)O. The Morgan fingerprint density at radius 2 is 0.683 bits per heavy atom. The number of nitrogens with two attached hydrogens (primary N) is 5. The number of benzene rings is 2. The number of aromatic nitrogens is 2. The molecule has 123 heavy (non-hydrogen) atoms. The molecule has 0 unspecified atom stereocenters. The quantitative estimate of drug-likeness (QED) is 0.0142. The number of primary amides is 3. The highest BCUT2D eigenvalue weighted by atomic mass is 16.4. The summed E-state index contributed by atoms with van der Waals surface area (Å²) in [7, 11) is 0. The number of amides is 16. The first-order chi connectivity index (χ1) is 57.7. The van der Waals surface area contributed by atoms with Gasteiger partial charge in [-0.05, 0) is 95.6 Å². The van der Waals surface area contributed by atoms with E-state index in [2.05, 4.69) is 84.4 Å². The van der Waals surface area contributed by atoms with Crippen molar-refractivity contribution in [3.05, 3.63) is 90.0 Å². The van der Waals surface area contributed by atoms with Crippen molar-refractivity contribution in [3.63, 3.8) is 0 Å². The van der Waals surface area contributed by atoms with E-state index in [-0.39, 0.29) is 38.6 Å². The van der Waals surface area contributed by atoms with Crippen LogP contribution in [0, 0.1) is 17.2 Å². The molecule has 680 valence electrons. The number of imidazole rings is 1. The molecule has 32 N–H and O–H groups in total. The summed E-state index contributed by atoms with van der Waals surface area (Å²) in [4.78, 5) is 252. The van der Waals surface area contributed by atoms with Crippen molar-refractivity contribution in [2.75, 3.05) is 6.54 Å². The van der Waals surface area contributed by atoms with Crippen LogP contribution < -0.4 is 103 Å². The summed E-state index contributed by atoms with van der Waals surface area (Å²) in [6.07, 6.45) is -11.3. The molecule has 0 aliphatic rings. The minimum absolute atomic E-state index is 0.137. The number of rotatable bonds is 56. The van der Waals surface area contributed by atoms with Crippen molar-refractivity contribution >= 4 is 112 Å². The Bertz CT molecular complexity index is 4100. The van der Waals surface area contributed by atoms with Crippen LogP contribution in [0.3, 0.4) is 0 Å². The molecule has 0 bridgehead atoms. The second-order valence-corrected chi connectivity index (χ2v) is 30.3. The van der Waals surface area contributed by atoms with Crippen LogP contribution >= 0.6 is 0 Å². The highest BCUT2D eigenvalue weighted by Gasteiger charge is 2.41. The summed E-state index contributed by atoms with van der Waals surface area (Å²) in [6.45, 7) is 10.4. The van der Waals surface area contributed by atoms with Crippen LogP contribution in [0.15, 0.2) is 73.2 Å². The van der Waals surface area contributed by atoms with Crippen molar-refractivity contribution < 1.29 is 117 Å². The Morgan fingerprint density at radius 1 is 0.382 bits per heavy atom. The monoisotopic (exact) mass is 1730 g/mol. The van der Waals surface area contributed by atoms with Crippen LogP contribution in [-0.2, 0) is 106 Å². The van der Waals surface area contributed by atoms with Gasteiger partial charge in [-0.2, -0.15) is 0 Å². The van der Waals surface area contributed by atoms with Crippen molar-refractivity contribution in [2.45, 2.75) is 254 Å². The van der Waals surface area contributed by atoms with E-state index in [0.717, 1.165) is 27.7 Å². The van der Waals surface area contributed by atoms with E-state index in [1.54, 1.807) is 88.4 Å². The molecule has 1 heterocycles. The second-order valence-electron chi connectivity index (χ2n) is 30.3. The Hall–Kier alpha value is -12.8. The predicted octanol–water partition coefficient (Wildman–Crippen LogP) is -8.70. The molecule has 0 saturated heterocycles. The van der Waals surface area contributed by atoms with Gasteiger partial charge in [0.2, 0.25) is 94.5 Å². The number of hydrogen-bond donors (Lipinski definition) is 27. The fraction of sp³-hybridized carbons (Fsp3) is 0.558. The summed E-state index contributed by atoms with van der Waals surface area (Å²) >= 11 is 0. The first-order valence-electron chi connectivity index (χ1n) is 39.5. The summed E-state index contributed by atoms with van der Waals surface area (Å²) < 4.78 is 0. The van der Waals surface area contributed by atoms with Crippen molar-refractivity contribution in [2.24, 2.45) is 40.5 Å². The van der Waals surface area contributed by atoms with Gasteiger partial charge in [-0.1, -0.05) is 88.4 Å². The zero-order chi connectivity index (χ0) is 92.7. The van der Waals surface area contributed by atoms with Gasteiger partial charge in [0.25, 0.3) is 0 Å². The minimum Gasteiger partial charge on any atom is -0.481 e. The standard InChI is InChI=1S/C77H118N22O24/c1-36(2)30-50(70(116)99-61(40(7)102)74(120)91-47(22-26-55(79)105)64(110)92-51(31-42-16-11-9-12-17-42)68(114)93-52(33-44-34-84-35-86-44)69(115)95-53(76(122)123)32-43-18-13-10-14-19-43)94-75(121)62(41(8)103)96-65(111)45(20-15-29-85-77(82)83)89-72(118)59(38(5)100)98-67(113)49(24-28-57(107)108)87-63(109)46(21-25-54(78)104)90-73(119)60(39(6)101)97-66(112)48(23-27-56(80)106)88-71(117)58(81)37(3)4/h9-14,16-19,34-41,45-53,58-62,100-103H,15,20-33,81H2,1-8H3,(H2,78,104)(H2,79,105)(H2,80,106)(H,84,86)(H,87,109)(H,88,117)(H,89,118)(H,90,119)(H,91,120)(H,92,110)(H,93,114)(H,94,121)(H,95,115)(H,96,111)(H,97,112)(H,98,113)(H,99,116)(H,107,108)(H,122,123)(H4,82,83,85)/t38-,39-,40-,41-,45+,46+,47+,48+,49+,50+,51+,52+,53+,58+,59+,60+,61+,62+/m1/s1. The lowest BCUT2D eigenvalue weighted by Gasteiger charge is -2.30. The summed E-state index contributed by atoms with van der Waals surface area (Å²) in [6, 6.07) is -8.28. The molecular weight excluding hydrogens is 1620 g/mol. The van der Waals surface area contributed by atoms with Gasteiger partial charge in [0.15, 0.2) is 5.96 Å². The van der Waals surface area contributed by atoms with Crippen LogP contribution in [-0.4, -0.2) is 269 Å². The van der Waals surface area contributed by atoms with E-state index in [4.69, 9.17) is 34.1 Å². The van der Waals surface area contributed by atoms with Gasteiger partial charge < -0.3 is 139 Å². The average molecular weight is 1740 g/mol. The number of carboxylic acids is 2. The van der Waals surface area contributed by atoms with Crippen LogP contribution in [0.4, 0.5) is 0 Å². The number of nitrogens with zero attached hydrogens (tertiary/aromatic N) is 1. The fourth-order valence-corrected chi connectivity index (χ4v) is 12.0. The third-order valence-corrected chi connectivity index (χ3v) is 18.9. The van der Waals surface area contributed by atoms with Crippen molar-refractivity contribution in [1.82, 2.24) is 84.4 Å². The van der Waals surface area contributed by atoms with Crippen LogP contribution in [0.1, 0.15) is 143 Å². The number of H-pyrrole nitrogens is 1. The second kappa shape index (κ2) is 52.4. The van der Waals surface area contributed by atoms with Crippen LogP contribution in [0.25, 0.3) is 0 Å². The molecule has 46 heteroatoms. The van der Waals surface area contributed by atoms with E-state index < -0.39 is 291 Å². The first-order valence-corrected chi connectivity index (χ1v) is 39.5. The van der Waals surface area contributed by atoms with E-state index in [1.165, 1.54) is 12.5 Å². The lowest BCUT2D eigenvalue weighted by molar-refractivity contribution is -0.142. The Balaban J connectivity index is 1.96. The number of carboxylic acid groups (broad SMARTS) is 2. The van der Waals surface area contributed by atoms with Crippen molar-refractivity contribution in [3.8, 4) is 0 Å². The Labute approximate surface area is 707 Å². The van der Waals surface area contributed by atoms with Crippen LogP contribution in [0.5, 0.6) is 0 Å². The molecule has 16 amide bonds. The maximum Gasteiger partial charge on any atom is 0.326 e. The molecule has 0 radical (unpaired) electrons. The number of aromatic amines is 1. The van der Waals surface area contributed by atoms with Gasteiger partial charge in [-0.15, -0.1) is 0 Å². The van der Waals surface area contributed by atoms with Gasteiger partial charge >= 0.3 is 11.9 Å². The molecular formula is C77H118N22O24. The maximum atomic E-state index is 14.6. The predicted molar refractivity (Wildman–Crippen MR) is 436 cm³/mol. The highest BCUT2D eigenvalue weighted by Crippen LogP contribution is 2.15. The molecule has 0 aliphatic heterocycles. The number of carbonyl (C=O) groups is 18.